The minimum absolute atomic E-state index is 0.0625. The quantitative estimate of drug-likeness (QED) is 0.144. The molecule has 0 heterocycles. The van der Waals surface area contributed by atoms with Crippen LogP contribution in [0.3, 0.4) is 0 Å². The van der Waals surface area contributed by atoms with Crippen LogP contribution in [0.1, 0.15) is 130 Å². The zero-order valence-corrected chi connectivity index (χ0v) is 30.2. The highest BCUT2D eigenvalue weighted by molar-refractivity contribution is 7.42. The van der Waals surface area contributed by atoms with Crippen LogP contribution in [0.15, 0.2) is 48.2 Å². The lowest BCUT2D eigenvalue weighted by atomic mass is 10.3. The Labute approximate surface area is 248 Å². The number of nitrogens with one attached hydrogen (secondary N) is 2. The van der Waals surface area contributed by atoms with E-state index < -0.39 is 5.92 Å². The van der Waals surface area contributed by atoms with Gasteiger partial charge in [0, 0.05) is 25.8 Å². The Kier molecular flexibility index (Phi) is 90.1. The van der Waals surface area contributed by atoms with Crippen molar-refractivity contribution in [1.82, 2.24) is 10.6 Å². The van der Waals surface area contributed by atoms with Crippen LogP contribution in [0.2, 0.25) is 0 Å². The van der Waals surface area contributed by atoms with E-state index in [1.165, 1.54) is 13.3 Å². The average molecular weight is 586 g/mol. The fraction of sp³-hybridized carbons (Fsp3) is 0.750. The molecule has 0 saturated heterocycles. The highest BCUT2D eigenvalue weighted by Crippen LogP contribution is 2.21. The molecule has 7 heteroatoms. The largest absolute Gasteiger partial charge is 0.397 e. The molecule has 2 atom stereocenters. The highest BCUT2D eigenvalue weighted by atomic mass is 31.1. The third-order valence-electron chi connectivity index (χ3n) is 3.03. The van der Waals surface area contributed by atoms with Gasteiger partial charge in [0.1, 0.15) is 0 Å². The first-order valence-corrected chi connectivity index (χ1v) is 16.3. The maximum Gasteiger partial charge on any atom is 0.245 e. The van der Waals surface area contributed by atoms with Crippen molar-refractivity contribution in [2.24, 2.45) is 5.73 Å². The SMILES string of the molecule is C=C(N/C=C\C=C/CC)/C(N)=C\PC(C)CNCC.CC.CC.CC.CC.CCC.CCC(C)(F)F.CCO. The van der Waals surface area contributed by atoms with Crippen molar-refractivity contribution >= 4 is 8.58 Å². The molecule has 4 nitrogen and oxygen atoms in total. The fourth-order valence-corrected chi connectivity index (χ4v) is 2.14. The van der Waals surface area contributed by atoms with E-state index in [-0.39, 0.29) is 13.0 Å². The van der Waals surface area contributed by atoms with Gasteiger partial charge in [-0.1, -0.05) is 131 Å². The molecule has 0 aliphatic carbocycles. The molecule has 0 aromatic carbocycles. The van der Waals surface area contributed by atoms with Crippen molar-refractivity contribution in [2.45, 2.75) is 142 Å². The van der Waals surface area contributed by atoms with E-state index in [0.29, 0.717) is 14.2 Å². The van der Waals surface area contributed by atoms with Crippen LogP contribution in [0, 0.1) is 0 Å². The zero-order chi connectivity index (χ0) is 33.1. The molecule has 0 bridgehead atoms. The van der Waals surface area contributed by atoms with Gasteiger partial charge in [-0.2, -0.15) is 0 Å². The van der Waals surface area contributed by atoms with E-state index in [1.807, 2.05) is 73.7 Å². The Bertz CT molecular complexity index is 463. The molecule has 0 aromatic heterocycles. The van der Waals surface area contributed by atoms with Crippen LogP contribution < -0.4 is 16.4 Å². The number of aliphatic hydroxyl groups excluding tert-OH is 1. The monoisotopic (exact) mass is 586 g/mol. The molecule has 0 radical (unpaired) electrons. The summed E-state index contributed by atoms with van der Waals surface area (Å²) in [4.78, 5) is 0. The number of aliphatic hydroxyl groups is 1. The molecule has 5 N–H and O–H groups in total. The summed E-state index contributed by atoms with van der Waals surface area (Å²) in [5.74, 6) is -0.396. The molecule has 0 aliphatic heterocycles. The van der Waals surface area contributed by atoms with Gasteiger partial charge in [-0.15, -0.1) is 0 Å². The second-order valence-electron chi connectivity index (χ2n) is 6.74. The van der Waals surface area contributed by atoms with Gasteiger partial charge in [0.15, 0.2) is 0 Å². The Hall–Kier alpha value is -1.23. The maximum absolute atomic E-state index is 11.5. The third-order valence-corrected chi connectivity index (χ3v) is 4.28. The van der Waals surface area contributed by atoms with Gasteiger partial charge in [-0.05, 0) is 44.4 Å². The summed E-state index contributed by atoms with van der Waals surface area (Å²) >= 11 is 0. The number of alkyl halides is 2. The highest BCUT2D eigenvalue weighted by Gasteiger charge is 2.15. The van der Waals surface area contributed by atoms with Crippen molar-refractivity contribution in [3.8, 4) is 0 Å². The third kappa shape index (κ3) is 93.8. The van der Waals surface area contributed by atoms with E-state index in [9.17, 15) is 8.78 Å². The van der Waals surface area contributed by atoms with Crippen LogP contribution in [0.4, 0.5) is 8.78 Å². The standard InChI is InChI=1S/C15H28N3P.C4H8F2.C3H8.C2H6O.4C2H6/c1-5-7-8-9-10-18-14(4)15(16)12-19-13(3)11-17-6-2;1-3-4(2,5)6;1-3-2;1-2-3;4*1-2/h7-10,12-13,17-19H,4-6,11,16H2,1-3H3;3H2,1-2H3;3H2,1-2H3;3H,2H2,1H3;4*1-2H3/b8-7-,10-9-,15-12+;;;;;;;. The lowest BCUT2D eigenvalue weighted by molar-refractivity contribution is 0.0181. The molecule has 242 valence electrons. The van der Waals surface area contributed by atoms with Gasteiger partial charge in [-0.3, -0.25) is 0 Å². The molecule has 0 aromatic rings. The second-order valence-corrected chi connectivity index (χ2v) is 8.35. The van der Waals surface area contributed by atoms with Crippen LogP contribution in [0.25, 0.3) is 0 Å². The minimum Gasteiger partial charge on any atom is -0.397 e. The number of nitrogens with two attached hydrogens (primary N) is 1. The number of rotatable bonds is 11. The van der Waals surface area contributed by atoms with Crippen molar-refractivity contribution in [2.75, 3.05) is 19.7 Å². The predicted molar refractivity (Wildman–Crippen MR) is 184 cm³/mol. The number of halogens is 2. The van der Waals surface area contributed by atoms with Gasteiger partial charge in [0.05, 0.1) is 11.4 Å². The summed E-state index contributed by atoms with van der Waals surface area (Å²) in [6.45, 7) is 36.9. The smallest absolute Gasteiger partial charge is 0.245 e. The first kappa shape index (κ1) is 57.6. The zero-order valence-electron chi connectivity index (χ0n) is 29.2. The number of hydrogen-bond acceptors (Lipinski definition) is 4. The van der Waals surface area contributed by atoms with E-state index in [2.05, 4.69) is 63.7 Å². The van der Waals surface area contributed by atoms with E-state index in [0.717, 1.165) is 37.8 Å². The van der Waals surface area contributed by atoms with Crippen molar-refractivity contribution in [3.05, 3.63) is 48.2 Å². The summed E-state index contributed by atoms with van der Waals surface area (Å²) < 4.78 is 22.9. The number of hydrogen-bond donors (Lipinski definition) is 4. The summed E-state index contributed by atoms with van der Waals surface area (Å²) in [7, 11) is 0.706. The second kappa shape index (κ2) is 61.0. The number of allylic oxidation sites excluding steroid dienone is 3. The van der Waals surface area contributed by atoms with Gasteiger partial charge in [0.2, 0.25) is 5.92 Å². The van der Waals surface area contributed by atoms with E-state index >= 15 is 0 Å². The Morgan fingerprint density at radius 3 is 1.64 bits per heavy atom. The minimum atomic E-state index is -2.46. The Balaban J connectivity index is -0.0000000657. The van der Waals surface area contributed by atoms with Gasteiger partial charge >= 0.3 is 0 Å². The molecular formula is C32H74F2N3OP. The summed E-state index contributed by atoms with van der Waals surface area (Å²) in [6, 6.07) is 0. The Morgan fingerprint density at radius 2 is 1.33 bits per heavy atom. The molecule has 0 aliphatic rings. The van der Waals surface area contributed by atoms with Gasteiger partial charge in [0.25, 0.3) is 0 Å². The lowest BCUT2D eigenvalue weighted by Crippen LogP contribution is -2.21. The van der Waals surface area contributed by atoms with Crippen LogP contribution in [-0.4, -0.2) is 36.4 Å². The van der Waals surface area contributed by atoms with Crippen molar-refractivity contribution in [1.29, 1.82) is 0 Å². The first-order valence-electron chi connectivity index (χ1n) is 15.2. The first-order chi connectivity index (χ1) is 18.5. The Morgan fingerprint density at radius 1 is 0.949 bits per heavy atom. The van der Waals surface area contributed by atoms with Crippen LogP contribution >= 0.6 is 8.58 Å². The van der Waals surface area contributed by atoms with E-state index in [1.54, 1.807) is 6.92 Å². The summed E-state index contributed by atoms with van der Waals surface area (Å²) in [5, 5.41) is 14.0. The van der Waals surface area contributed by atoms with Crippen molar-refractivity contribution < 1.29 is 13.9 Å². The van der Waals surface area contributed by atoms with Crippen molar-refractivity contribution in [3.63, 3.8) is 0 Å². The van der Waals surface area contributed by atoms with Gasteiger partial charge < -0.3 is 21.5 Å². The molecule has 0 amide bonds. The van der Waals surface area contributed by atoms with Crippen LogP contribution in [-0.2, 0) is 0 Å². The summed E-state index contributed by atoms with van der Waals surface area (Å²) in [5.41, 5.74) is 8.06. The molecule has 0 rings (SSSR count). The fourth-order valence-electron chi connectivity index (χ4n) is 1.24. The average Bonchev–Trinajstić information content (AvgIpc) is 2.95. The normalized spacial score (nSPS) is 10.6. The van der Waals surface area contributed by atoms with E-state index in [4.69, 9.17) is 10.8 Å². The molecular weight excluding hydrogens is 511 g/mol. The lowest BCUT2D eigenvalue weighted by Gasteiger charge is -2.11. The van der Waals surface area contributed by atoms with Gasteiger partial charge in [-0.25, -0.2) is 8.78 Å². The van der Waals surface area contributed by atoms with Crippen LogP contribution in [0.5, 0.6) is 0 Å². The maximum atomic E-state index is 11.5. The molecule has 0 spiro atoms. The topological polar surface area (TPSA) is 70.3 Å². The molecule has 2 unspecified atom stereocenters. The predicted octanol–water partition coefficient (Wildman–Crippen LogP) is 10.6. The summed E-state index contributed by atoms with van der Waals surface area (Å²) in [6.07, 6.45) is 10.1. The molecule has 0 fully saturated rings. The molecule has 0 saturated carbocycles. The molecule has 39 heavy (non-hydrogen) atoms.